The number of anilines is 1. The standard InChI is InChI=1S/C25H26F3N5O2/c1-31(2)23(35)21-15-33(19-4-3-18(14-29)20(13-19)25(26,27)28)16-24(21)7-11-32(12-8-24)22(34)17-5-9-30-10-6-17/h3-6,9-10,13,21H,7-8,11-12,15-16H2,1-2H3. The number of aromatic nitrogens is 1. The summed E-state index contributed by atoms with van der Waals surface area (Å²) in [6.45, 7) is 1.58. The Bertz CT molecular complexity index is 1150. The third-order valence-corrected chi connectivity index (χ3v) is 7.15. The van der Waals surface area contributed by atoms with Crippen LogP contribution in [-0.2, 0) is 11.0 Å². The first-order chi connectivity index (χ1) is 16.6. The molecule has 184 valence electrons. The third kappa shape index (κ3) is 4.67. The Kier molecular flexibility index (Phi) is 6.45. The molecular formula is C25H26F3N5O2. The zero-order valence-corrected chi connectivity index (χ0v) is 19.5. The van der Waals surface area contributed by atoms with E-state index in [1.807, 2.05) is 4.90 Å². The molecule has 2 aromatic rings. The van der Waals surface area contributed by atoms with Gasteiger partial charge in [0.2, 0.25) is 5.91 Å². The minimum Gasteiger partial charge on any atom is -0.370 e. The second kappa shape index (κ2) is 9.21. The van der Waals surface area contributed by atoms with Crippen LogP contribution in [0, 0.1) is 22.7 Å². The van der Waals surface area contributed by atoms with Crippen LogP contribution < -0.4 is 4.90 Å². The number of carbonyl (C=O) groups is 2. The van der Waals surface area contributed by atoms with E-state index in [0.717, 1.165) is 6.07 Å². The molecule has 0 N–H and O–H groups in total. The van der Waals surface area contributed by atoms with Crippen LogP contribution in [0.5, 0.6) is 0 Å². The highest BCUT2D eigenvalue weighted by Crippen LogP contribution is 2.47. The van der Waals surface area contributed by atoms with Gasteiger partial charge in [-0.3, -0.25) is 14.6 Å². The summed E-state index contributed by atoms with van der Waals surface area (Å²) in [6, 6.07) is 8.61. The first kappa shape index (κ1) is 24.5. The van der Waals surface area contributed by atoms with Gasteiger partial charge >= 0.3 is 6.18 Å². The first-order valence-electron chi connectivity index (χ1n) is 11.3. The van der Waals surface area contributed by atoms with Crippen LogP contribution in [0.2, 0.25) is 0 Å². The molecule has 2 aliphatic heterocycles. The fourth-order valence-corrected chi connectivity index (χ4v) is 5.22. The highest BCUT2D eigenvalue weighted by molar-refractivity contribution is 5.94. The van der Waals surface area contributed by atoms with Crippen molar-refractivity contribution in [3.8, 4) is 6.07 Å². The van der Waals surface area contributed by atoms with Gasteiger partial charge in [0.05, 0.1) is 23.1 Å². The monoisotopic (exact) mass is 485 g/mol. The summed E-state index contributed by atoms with van der Waals surface area (Å²) in [5.74, 6) is -0.596. The van der Waals surface area contributed by atoms with Gasteiger partial charge in [0.1, 0.15) is 0 Å². The van der Waals surface area contributed by atoms with Gasteiger partial charge in [-0.2, -0.15) is 18.4 Å². The van der Waals surface area contributed by atoms with Crippen molar-refractivity contribution in [3.63, 3.8) is 0 Å². The normalized spacial score (nSPS) is 19.5. The maximum absolute atomic E-state index is 13.5. The van der Waals surface area contributed by atoms with Crippen LogP contribution in [0.1, 0.15) is 34.3 Å². The number of piperidine rings is 1. The van der Waals surface area contributed by atoms with Crippen molar-refractivity contribution in [2.24, 2.45) is 11.3 Å². The van der Waals surface area contributed by atoms with Gasteiger partial charge in [0.15, 0.2) is 0 Å². The number of alkyl halides is 3. The number of halogens is 3. The maximum Gasteiger partial charge on any atom is 0.417 e. The molecule has 2 saturated heterocycles. The fourth-order valence-electron chi connectivity index (χ4n) is 5.22. The van der Waals surface area contributed by atoms with E-state index in [-0.39, 0.29) is 18.4 Å². The van der Waals surface area contributed by atoms with Crippen LogP contribution in [0.15, 0.2) is 42.7 Å². The van der Waals surface area contributed by atoms with Crippen molar-refractivity contribution in [2.75, 3.05) is 45.2 Å². The summed E-state index contributed by atoms with van der Waals surface area (Å²) >= 11 is 0. The number of pyridine rings is 1. The molecule has 1 aromatic heterocycles. The molecule has 0 radical (unpaired) electrons. The number of carbonyl (C=O) groups excluding carboxylic acids is 2. The summed E-state index contributed by atoms with van der Waals surface area (Å²) < 4.78 is 40.6. The Morgan fingerprint density at radius 2 is 1.80 bits per heavy atom. The van der Waals surface area contributed by atoms with E-state index >= 15 is 0 Å². The summed E-state index contributed by atoms with van der Waals surface area (Å²) in [4.78, 5) is 35.1. The number of nitriles is 1. The van der Waals surface area contributed by atoms with Crippen LogP contribution in [0.3, 0.4) is 0 Å². The third-order valence-electron chi connectivity index (χ3n) is 7.15. The van der Waals surface area contributed by atoms with Gasteiger partial charge < -0.3 is 14.7 Å². The molecule has 1 aromatic carbocycles. The molecule has 7 nitrogen and oxygen atoms in total. The lowest BCUT2D eigenvalue weighted by Crippen LogP contribution is -2.49. The lowest BCUT2D eigenvalue weighted by molar-refractivity contribution is -0.138. The second-order valence-electron chi connectivity index (χ2n) is 9.40. The topological polar surface area (TPSA) is 80.5 Å². The maximum atomic E-state index is 13.5. The first-order valence-corrected chi connectivity index (χ1v) is 11.3. The van der Waals surface area contributed by atoms with Crippen LogP contribution in [0.4, 0.5) is 18.9 Å². The van der Waals surface area contributed by atoms with Crippen molar-refractivity contribution in [3.05, 3.63) is 59.4 Å². The van der Waals surface area contributed by atoms with Gasteiger partial charge in [0.25, 0.3) is 5.91 Å². The van der Waals surface area contributed by atoms with Gasteiger partial charge in [0, 0.05) is 69.3 Å². The van der Waals surface area contributed by atoms with Gasteiger partial charge in [-0.1, -0.05) is 0 Å². The molecule has 0 saturated carbocycles. The molecule has 2 aliphatic rings. The number of rotatable bonds is 3. The predicted octanol–water partition coefficient (Wildman–Crippen LogP) is 3.42. The molecule has 10 heteroatoms. The summed E-state index contributed by atoms with van der Waals surface area (Å²) in [7, 11) is 3.34. The Morgan fingerprint density at radius 1 is 1.14 bits per heavy atom. The highest BCUT2D eigenvalue weighted by atomic mass is 19.4. The number of hydrogen-bond donors (Lipinski definition) is 0. The van der Waals surface area contributed by atoms with Crippen molar-refractivity contribution >= 4 is 17.5 Å². The molecule has 1 unspecified atom stereocenters. The largest absolute Gasteiger partial charge is 0.417 e. The number of amides is 2. The number of benzene rings is 1. The molecule has 0 bridgehead atoms. The van der Waals surface area contributed by atoms with E-state index in [0.29, 0.717) is 43.7 Å². The van der Waals surface area contributed by atoms with Crippen LogP contribution in [-0.4, -0.2) is 66.9 Å². The zero-order chi connectivity index (χ0) is 25.4. The Hall–Kier alpha value is -3.61. The number of nitrogens with zero attached hydrogens (tertiary/aromatic N) is 5. The van der Waals surface area contributed by atoms with Gasteiger partial charge in [-0.05, 0) is 43.2 Å². The van der Waals surface area contributed by atoms with Crippen molar-refractivity contribution < 1.29 is 22.8 Å². The van der Waals surface area contributed by atoms with Gasteiger partial charge in [-0.25, -0.2) is 0 Å². The fraction of sp³-hybridized carbons (Fsp3) is 0.440. The van der Waals surface area contributed by atoms with Crippen LogP contribution >= 0.6 is 0 Å². The SMILES string of the molecule is CN(C)C(=O)C1CN(c2ccc(C#N)c(C(F)(F)F)c2)CC12CCN(C(=O)c1ccncc1)CC2. The van der Waals surface area contributed by atoms with E-state index in [9.17, 15) is 22.8 Å². The molecule has 4 rings (SSSR count). The lowest BCUT2D eigenvalue weighted by atomic mass is 9.70. The Balaban J connectivity index is 1.60. The Morgan fingerprint density at radius 3 is 2.37 bits per heavy atom. The average molecular weight is 486 g/mol. The Labute approximate surface area is 201 Å². The molecule has 0 aliphatic carbocycles. The summed E-state index contributed by atoms with van der Waals surface area (Å²) in [6.07, 6.45) is -0.409. The smallest absolute Gasteiger partial charge is 0.370 e. The quantitative estimate of drug-likeness (QED) is 0.666. The minimum atomic E-state index is -4.66. The van der Waals surface area contributed by atoms with Crippen molar-refractivity contribution in [1.29, 1.82) is 5.26 Å². The molecular weight excluding hydrogens is 459 g/mol. The molecule has 2 fully saturated rings. The predicted molar refractivity (Wildman–Crippen MR) is 122 cm³/mol. The number of hydrogen-bond acceptors (Lipinski definition) is 5. The van der Waals surface area contributed by atoms with Crippen molar-refractivity contribution in [1.82, 2.24) is 14.8 Å². The van der Waals surface area contributed by atoms with Gasteiger partial charge in [-0.15, -0.1) is 0 Å². The zero-order valence-electron chi connectivity index (χ0n) is 19.5. The molecule has 3 heterocycles. The van der Waals surface area contributed by atoms with Crippen molar-refractivity contribution in [2.45, 2.75) is 19.0 Å². The average Bonchev–Trinajstić information content (AvgIpc) is 3.21. The van der Waals surface area contributed by atoms with E-state index in [1.54, 1.807) is 49.6 Å². The van der Waals surface area contributed by atoms with E-state index < -0.39 is 28.6 Å². The van der Waals surface area contributed by atoms with Crippen LogP contribution in [0.25, 0.3) is 0 Å². The van der Waals surface area contributed by atoms with E-state index in [4.69, 9.17) is 5.26 Å². The van der Waals surface area contributed by atoms with E-state index in [1.165, 1.54) is 17.0 Å². The molecule has 35 heavy (non-hydrogen) atoms. The number of likely N-dealkylation sites (tertiary alicyclic amines) is 1. The summed E-state index contributed by atoms with van der Waals surface area (Å²) in [5, 5.41) is 9.12. The lowest BCUT2D eigenvalue weighted by Gasteiger charge is -2.42. The second-order valence-corrected chi connectivity index (χ2v) is 9.40. The minimum absolute atomic E-state index is 0.0777. The molecule has 2 amide bonds. The van der Waals surface area contributed by atoms with E-state index in [2.05, 4.69) is 4.98 Å². The molecule has 1 spiro atoms. The highest BCUT2D eigenvalue weighted by Gasteiger charge is 2.52. The molecule has 1 atom stereocenters. The summed E-state index contributed by atoms with van der Waals surface area (Å²) in [5.41, 5.74) is -1.00.